The standard InChI is InChI=1S/C31H25F3N2O5S/c1-4-15-40-22-11-9-19(10-12-22)27-26(29(38)39-5-2)18(3)35-30-36(27)28(37)25(42-30)17-23-13-14-24(41-23)20-7-6-8-21(16-20)31(32,33)34/h4,6-14,16-17,27H,1,5,15H2,2-3H3/b25-17-/t27-/m1/s1. The molecule has 0 spiro atoms. The smallest absolute Gasteiger partial charge is 0.416 e. The third kappa shape index (κ3) is 5.73. The Morgan fingerprint density at radius 2 is 1.93 bits per heavy atom. The molecule has 2 aromatic carbocycles. The Morgan fingerprint density at radius 3 is 2.62 bits per heavy atom. The fourth-order valence-corrected chi connectivity index (χ4v) is 5.60. The number of benzene rings is 2. The average molecular weight is 595 g/mol. The second-order valence-electron chi connectivity index (χ2n) is 9.25. The van der Waals surface area contributed by atoms with E-state index in [4.69, 9.17) is 13.9 Å². The number of hydrogen-bond donors (Lipinski definition) is 0. The summed E-state index contributed by atoms with van der Waals surface area (Å²) in [5, 5.41) is 0. The first-order chi connectivity index (χ1) is 20.1. The topological polar surface area (TPSA) is 83.0 Å². The number of nitrogens with zero attached hydrogens (tertiary/aromatic N) is 2. The van der Waals surface area contributed by atoms with Gasteiger partial charge < -0.3 is 13.9 Å². The molecule has 0 fully saturated rings. The highest BCUT2D eigenvalue weighted by Crippen LogP contribution is 2.33. The molecule has 1 aliphatic heterocycles. The van der Waals surface area contributed by atoms with E-state index in [9.17, 15) is 22.8 Å². The molecule has 3 heterocycles. The highest BCUT2D eigenvalue weighted by Gasteiger charge is 2.33. The van der Waals surface area contributed by atoms with Crippen LogP contribution in [0.5, 0.6) is 5.75 Å². The minimum absolute atomic E-state index is 0.147. The lowest BCUT2D eigenvalue weighted by Gasteiger charge is -2.24. The van der Waals surface area contributed by atoms with Gasteiger partial charge in [0.2, 0.25) is 0 Å². The SMILES string of the molecule is C=CCOc1ccc([C@@H]2C(C(=O)OCC)=C(C)N=c3s/c(=C\c4ccc(-c5cccc(C(F)(F)F)c5)o4)c(=O)n32)cc1. The molecule has 7 nitrogen and oxygen atoms in total. The summed E-state index contributed by atoms with van der Waals surface area (Å²) in [4.78, 5) is 31.8. The molecule has 0 bridgehead atoms. The summed E-state index contributed by atoms with van der Waals surface area (Å²) in [5.41, 5.74) is 0.349. The largest absolute Gasteiger partial charge is 0.490 e. The fourth-order valence-electron chi connectivity index (χ4n) is 4.57. The number of halogens is 3. The lowest BCUT2D eigenvalue weighted by atomic mass is 9.96. The molecule has 0 unspecified atom stereocenters. The Labute approximate surface area is 242 Å². The number of hydrogen-bond acceptors (Lipinski definition) is 7. The van der Waals surface area contributed by atoms with Crippen molar-refractivity contribution in [1.82, 2.24) is 4.57 Å². The quantitative estimate of drug-likeness (QED) is 0.195. The molecule has 42 heavy (non-hydrogen) atoms. The number of alkyl halides is 3. The first-order valence-corrected chi connectivity index (χ1v) is 13.7. The second kappa shape index (κ2) is 11.7. The van der Waals surface area contributed by atoms with E-state index < -0.39 is 29.3 Å². The normalized spacial score (nSPS) is 15.3. The molecule has 0 radical (unpaired) electrons. The molecule has 2 aromatic heterocycles. The Kier molecular flexibility index (Phi) is 8.04. The van der Waals surface area contributed by atoms with E-state index in [2.05, 4.69) is 11.6 Å². The monoisotopic (exact) mass is 594 g/mol. The van der Waals surface area contributed by atoms with Gasteiger partial charge in [-0.1, -0.05) is 48.3 Å². The van der Waals surface area contributed by atoms with Crippen molar-refractivity contribution < 1.29 is 31.9 Å². The molecule has 0 aliphatic carbocycles. The molecule has 0 saturated carbocycles. The van der Waals surface area contributed by atoms with Gasteiger partial charge in [0.15, 0.2) is 4.80 Å². The van der Waals surface area contributed by atoms with Gasteiger partial charge in [0.1, 0.15) is 23.9 Å². The van der Waals surface area contributed by atoms with Gasteiger partial charge in [-0.3, -0.25) is 9.36 Å². The summed E-state index contributed by atoms with van der Waals surface area (Å²) in [7, 11) is 0. The van der Waals surface area contributed by atoms with Gasteiger partial charge >= 0.3 is 12.1 Å². The third-order valence-electron chi connectivity index (χ3n) is 6.46. The zero-order valence-corrected chi connectivity index (χ0v) is 23.4. The number of allylic oxidation sites excluding steroid dienone is 1. The maximum atomic E-state index is 13.8. The average Bonchev–Trinajstić information content (AvgIpc) is 3.55. The number of carbonyl (C=O) groups is 1. The van der Waals surface area contributed by atoms with Crippen molar-refractivity contribution in [2.75, 3.05) is 13.2 Å². The number of furan rings is 1. The van der Waals surface area contributed by atoms with Crippen LogP contribution in [0.1, 0.15) is 36.8 Å². The molecule has 5 rings (SSSR count). The van der Waals surface area contributed by atoms with Crippen LogP contribution in [-0.2, 0) is 15.7 Å². The number of thiazole rings is 1. The number of aromatic nitrogens is 1. The molecule has 216 valence electrons. The van der Waals surface area contributed by atoms with Gasteiger partial charge in [0.25, 0.3) is 5.56 Å². The molecular weight excluding hydrogens is 569 g/mol. The van der Waals surface area contributed by atoms with E-state index in [0.29, 0.717) is 28.4 Å². The first kappa shape index (κ1) is 28.9. The van der Waals surface area contributed by atoms with Gasteiger partial charge in [0, 0.05) is 11.6 Å². The zero-order valence-electron chi connectivity index (χ0n) is 22.6. The van der Waals surface area contributed by atoms with Crippen molar-refractivity contribution in [2.45, 2.75) is 26.1 Å². The van der Waals surface area contributed by atoms with Crippen LogP contribution in [-0.4, -0.2) is 23.8 Å². The van der Waals surface area contributed by atoms with Crippen molar-refractivity contribution in [3.05, 3.63) is 121 Å². The maximum Gasteiger partial charge on any atom is 0.416 e. The number of rotatable bonds is 8. The summed E-state index contributed by atoms with van der Waals surface area (Å²) >= 11 is 1.11. The summed E-state index contributed by atoms with van der Waals surface area (Å²) in [5.74, 6) is 0.507. The molecule has 0 N–H and O–H groups in total. The molecular formula is C31H25F3N2O5S. The first-order valence-electron chi connectivity index (χ1n) is 12.9. The van der Waals surface area contributed by atoms with Crippen molar-refractivity contribution in [1.29, 1.82) is 0 Å². The molecule has 1 aliphatic rings. The van der Waals surface area contributed by atoms with E-state index in [0.717, 1.165) is 23.5 Å². The summed E-state index contributed by atoms with van der Waals surface area (Å²) in [6, 6.07) is 14.1. The van der Waals surface area contributed by atoms with Crippen LogP contribution in [0.2, 0.25) is 0 Å². The number of esters is 1. The van der Waals surface area contributed by atoms with Crippen LogP contribution in [0.25, 0.3) is 17.4 Å². The van der Waals surface area contributed by atoms with Gasteiger partial charge in [-0.25, -0.2) is 9.79 Å². The van der Waals surface area contributed by atoms with Crippen LogP contribution >= 0.6 is 11.3 Å². The minimum atomic E-state index is -4.49. The van der Waals surface area contributed by atoms with E-state index in [1.54, 1.807) is 56.3 Å². The van der Waals surface area contributed by atoms with Crippen molar-refractivity contribution >= 4 is 23.4 Å². The summed E-state index contributed by atoms with van der Waals surface area (Å²) in [6.07, 6.45) is -1.36. The minimum Gasteiger partial charge on any atom is -0.490 e. The highest BCUT2D eigenvalue weighted by molar-refractivity contribution is 7.07. The van der Waals surface area contributed by atoms with Crippen LogP contribution < -0.4 is 19.6 Å². The number of ether oxygens (including phenoxy) is 2. The molecule has 1 atom stereocenters. The molecule has 0 amide bonds. The molecule has 4 aromatic rings. The van der Waals surface area contributed by atoms with Crippen LogP contribution in [0.4, 0.5) is 13.2 Å². The predicted molar refractivity (Wildman–Crippen MR) is 152 cm³/mol. The third-order valence-corrected chi connectivity index (χ3v) is 7.44. The zero-order chi connectivity index (χ0) is 30.0. The van der Waals surface area contributed by atoms with Crippen molar-refractivity contribution in [2.24, 2.45) is 4.99 Å². The van der Waals surface area contributed by atoms with Crippen molar-refractivity contribution in [3.8, 4) is 17.1 Å². The lowest BCUT2D eigenvalue weighted by molar-refractivity contribution is -0.139. The maximum absolute atomic E-state index is 13.8. The Bertz CT molecular complexity index is 1860. The van der Waals surface area contributed by atoms with Gasteiger partial charge in [0.05, 0.1) is 34.0 Å². The highest BCUT2D eigenvalue weighted by atomic mass is 32.1. The van der Waals surface area contributed by atoms with Crippen LogP contribution in [0.15, 0.2) is 98.8 Å². The number of carbonyl (C=O) groups excluding carboxylic acids is 1. The molecule has 11 heteroatoms. The fraction of sp³-hybridized carbons (Fsp3) is 0.194. The predicted octanol–water partition coefficient (Wildman–Crippen LogP) is 5.64. The Morgan fingerprint density at radius 1 is 1.17 bits per heavy atom. The van der Waals surface area contributed by atoms with E-state index in [-0.39, 0.29) is 33.8 Å². The second-order valence-corrected chi connectivity index (χ2v) is 10.3. The summed E-state index contributed by atoms with van der Waals surface area (Å²) in [6.45, 7) is 7.49. The van der Waals surface area contributed by atoms with E-state index in [1.807, 2.05) is 0 Å². The Balaban J connectivity index is 1.58. The summed E-state index contributed by atoms with van der Waals surface area (Å²) < 4.78 is 57.9. The van der Waals surface area contributed by atoms with Gasteiger partial charge in [-0.2, -0.15) is 13.2 Å². The molecule has 0 saturated heterocycles. The van der Waals surface area contributed by atoms with Crippen molar-refractivity contribution in [3.63, 3.8) is 0 Å². The Hall–Kier alpha value is -4.64. The van der Waals surface area contributed by atoms with E-state index >= 15 is 0 Å². The number of fused-ring (bicyclic) bond motifs is 1. The van der Waals surface area contributed by atoms with Crippen LogP contribution in [0.3, 0.4) is 0 Å². The van der Waals surface area contributed by atoms with Gasteiger partial charge in [-0.05, 0) is 55.8 Å². The lowest BCUT2D eigenvalue weighted by Crippen LogP contribution is -2.39. The van der Waals surface area contributed by atoms with Crippen LogP contribution in [0, 0.1) is 0 Å². The van der Waals surface area contributed by atoms with E-state index in [1.165, 1.54) is 22.8 Å². The van der Waals surface area contributed by atoms with Gasteiger partial charge in [-0.15, -0.1) is 0 Å².